The normalized spacial score (nSPS) is 10.7. The number of ether oxygens (including phenoxy) is 4. The van der Waals surface area contributed by atoms with Gasteiger partial charge >= 0.3 is 0 Å². The van der Waals surface area contributed by atoms with Crippen molar-refractivity contribution in [2.45, 2.75) is 13.2 Å². The second-order valence-corrected chi connectivity index (χ2v) is 8.02. The van der Waals surface area contributed by atoms with E-state index in [1.165, 1.54) is 6.08 Å². The van der Waals surface area contributed by atoms with Crippen molar-refractivity contribution in [2.75, 3.05) is 14.2 Å². The van der Waals surface area contributed by atoms with Crippen LogP contribution in [0.15, 0.2) is 103 Å². The van der Waals surface area contributed by atoms with Crippen molar-refractivity contribution in [1.82, 2.24) is 0 Å². The zero-order valence-corrected chi connectivity index (χ0v) is 20.3. The molecule has 4 rings (SSSR count). The van der Waals surface area contributed by atoms with Crippen LogP contribution in [0.1, 0.15) is 27.0 Å². The Hall–Kier alpha value is -4.51. The lowest BCUT2D eigenvalue weighted by Crippen LogP contribution is -2.03. The molecule has 0 fully saturated rings. The maximum atomic E-state index is 13.0. The summed E-state index contributed by atoms with van der Waals surface area (Å²) in [5.41, 5.74) is 3.33. The van der Waals surface area contributed by atoms with Crippen LogP contribution in [0.25, 0.3) is 6.08 Å². The van der Waals surface area contributed by atoms with Crippen LogP contribution in [0.2, 0.25) is 0 Å². The number of rotatable bonds is 11. The molecule has 0 bridgehead atoms. The standard InChI is InChI=1S/C31H28O5/c1-33-27-16-13-25(30(20-27)34-2)14-17-28(32)26-15-18-29(35-21-23-9-5-3-6-10-23)31(19-26)36-22-24-11-7-4-8-12-24/h3-20H,21-22H2,1-2H3/b17-14+. The van der Waals surface area contributed by atoms with E-state index < -0.39 is 0 Å². The van der Waals surface area contributed by atoms with Crippen LogP contribution >= 0.6 is 0 Å². The molecule has 0 aromatic heterocycles. The molecule has 5 nitrogen and oxygen atoms in total. The van der Waals surface area contributed by atoms with E-state index in [4.69, 9.17) is 18.9 Å². The molecular weight excluding hydrogens is 452 g/mol. The fraction of sp³-hybridized carbons (Fsp3) is 0.129. The highest BCUT2D eigenvalue weighted by atomic mass is 16.5. The largest absolute Gasteiger partial charge is 0.497 e. The van der Waals surface area contributed by atoms with Crippen molar-refractivity contribution >= 4 is 11.9 Å². The third-order valence-corrected chi connectivity index (χ3v) is 5.56. The zero-order chi connectivity index (χ0) is 25.2. The lowest BCUT2D eigenvalue weighted by molar-refractivity contribution is 0.104. The molecule has 0 spiro atoms. The van der Waals surface area contributed by atoms with Crippen LogP contribution in [0, 0.1) is 0 Å². The van der Waals surface area contributed by atoms with Gasteiger partial charge in [-0.1, -0.05) is 60.7 Å². The van der Waals surface area contributed by atoms with Gasteiger partial charge in [-0.15, -0.1) is 0 Å². The molecule has 0 N–H and O–H groups in total. The Labute approximate surface area is 211 Å². The van der Waals surface area contributed by atoms with E-state index >= 15 is 0 Å². The molecule has 0 saturated heterocycles. The summed E-state index contributed by atoms with van der Waals surface area (Å²) in [5, 5.41) is 0. The lowest BCUT2D eigenvalue weighted by atomic mass is 10.1. The van der Waals surface area contributed by atoms with E-state index in [9.17, 15) is 4.79 Å². The van der Waals surface area contributed by atoms with Crippen molar-refractivity contribution in [3.8, 4) is 23.0 Å². The van der Waals surface area contributed by atoms with Crippen molar-refractivity contribution in [2.24, 2.45) is 0 Å². The first-order chi connectivity index (χ1) is 17.7. The predicted octanol–water partition coefficient (Wildman–Crippen LogP) is 6.76. The van der Waals surface area contributed by atoms with Crippen LogP contribution in [-0.2, 0) is 13.2 Å². The summed E-state index contributed by atoms with van der Waals surface area (Å²) < 4.78 is 22.8. The maximum absolute atomic E-state index is 13.0. The van der Waals surface area contributed by atoms with Crippen LogP contribution in [0.5, 0.6) is 23.0 Å². The number of benzene rings is 4. The number of ketones is 1. The SMILES string of the molecule is COc1ccc(/C=C/C(=O)c2ccc(OCc3ccccc3)c(OCc3ccccc3)c2)c(OC)c1. The minimum Gasteiger partial charge on any atom is -0.497 e. The van der Waals surface area contributed by atoms with E-state index in [-0.39, 0.29) is 5.78 Å². The molecule has 4 aromatic rings. The molecule has 0 saturated carbocycles. The molecule has 0 amide bonds. The van der Waals surface area contributed by atoms with Gasteiger partial charge in [0.2, 0.25) is 0 Å². The molecule has 0 radical (unpaired) electrons. The molecular formula is C31H28O5. The predicted molar refractivity (Wildman–Crippen MR) is 141 cm³/mol. The molecule has 5 heteroatoms. The Morgan fingerprint density at radius 1 is 0.667 bits per heavy atom. The van der Waals surface area contributed by atoms with Gasteiger partial charge in [-0.05, 0) is 53.6 Å². The number of carbonyl (C=O) groups excluding carboxylic acids is 1. The van der Waals surface area contributed by atoms with Gasteiger partial charge in [0, 0.05) is 17.2 Å². The smallest absolute Gasteiger partial charge is 0.185 e. The Balaban J connectivity index is 1.55. The van der Waals surface area contributed by atoms with Crippen LogP contribution in [-0.4, -0.2) is 20.0 Å². The Morgan fingerprint density at radius 3 is 1.92 bits per heavy atom. The molecule has 0 aliphatic rings. The van der Waals surface area contributed by atoms with Crippen LogP contribution in [0.3, 0.4) is 0 Å². The van der Waals surface area contributed by atoms with Gasteiger partial charge in [0.05, 0.1) is 14.2 Å². The van der Waals surface area contributed by atoms with Gasteiger partial charge < -0.3 is 18.9 Å². The Morgan fingerprint density at radius 2 is 1.31 bits per heavy atom. The fourth-order valence-electron chi connectivity index (χ4n) is 3.58. The number of methoxy groups -OCH3 is 2. The van der Waals surface area contributed by atoms with Crippen molar-refractivity contribution < 1.29 is 23.7 Å². The highest BCUT2D eigenvalue weighted by molar-refractivity contribution is 6.07. The molecule has 0 aliphatic carbocycles. The number of carbonyl (C=O) groups is 1. The second-order valence-electron chi connectivity index (χ2n) is 8.02. The minimum absolute atomic E-state index is 0.160. The van der Waals surface area contributed by atoms with Crippen molar-refractivity contribution in [1.29, 1.82) is 0 Å². The van der Waals surface area contributed by atoms with Gasteiger partial charge in [0.15, 0.2) is 17.3 Å². The highest BCUT2D eigenvalue weighted by Crippen LogP contribution is 2.31. The van der Waals surface area contributed by atoms with Gasteiger partial charge in [-0.3, -0.25) is 4.79 Å². The molecule has 0 atom stereocenters. The summed E-state index contributed by atoms with van der Waals surface area (Å²) in [4.78, 5) is 13.0. The molecule has 0 heterocycles. The fourth-order valence-corrected chi connectivity index (χ4v) is 3.58. The van der Waals surface area contributed by atoms with Gasteiger partial charge in [-0.25, -0.2) is 0 Å². The van der Waals surface area contributed by atoms with E-state index in [2.05, 4.69) is 0 Å². The summed E-state index contributed by atoms with van der Waals surface area (Å²) in [6, 6.07) is 30.5. The van der Waals surface area contributed by atoms with Crippen molar-refractivity contribution in [3.63, 3.8) is 0 Å². The molecule has 4 aromatic carbocycles. The van der Waals surface area contributed by atoms with Gasteiger partial charge in [-0.2, -0.15) is 0 Å². The summed E-state index contributed by atoms with van der Waals surface area (Å²) >= 11 is 0. The van der Waals surface area contributed by atoms with Gasteiger partial charge in [0.1, 0.15) is 24.7 Å². The average Bonchev–Trinajstić information content (AvgIpc) is 2.94. The Bertz CT molecular complexity index is 1310. The molecule has 182 valence electrons. The summed E-state index contributed by atoms with van der Waals surface area (Å²) in [6.07, 6.45) is 3.25. The quantitative estimate of drug-likeness (QED) is 0.175. The van der Waals surface area contributed by atoms with E-state index in [0.29, 0.717) is 41.8 Å². The highest BCUT2D eigenvalue weighted by Gasteiger charge is 2.12. The maximum Gasteiger partial charge on any atom is 0.185 e. The third-order valence-electron chi connectivity index (χ3n) is 5.56. The topological polar surface area (TPSA) is 54.0 Å². The first kappa shape index (κ1) is 24.6. The van der Waals surface area contributed by atoms with E-state index in [1.54, 1.807) is 44.6 Å². The number of hydrogen-bond acceptors (Lipinski definition) is 5. The van der Waals surface area contributed by atoms with Crippen LogP contribution in [0.4, 0.5) is 0 Å². The first-order valence-electron chi connectivity index (χ1n) is 11.6. The summed E-state index contributed by atoms with van der Waals surface area (Å²) in [7, 11) is 3.18. The number of hydrogen-bond donors (Lipinski definition) is 0. The monoisotopic (exact) mass is 480 g/mol. The van der Waals surface area contributed by atoms with E-state index in [0.717, 1.165) is 16.7 Å². The summed E-state index contributed by atoms with van der Waals surface area (Å²) in [6.45, 7) is 0.756. The molecule has 0 aliphatic heterocycles. The lowest BCUT2D eigenvalue weighted by Gasteiger charge is -2.14. The first-order valence-corrected chi connectivity index (χ1v) is 11.6. The summed E-state index contributed by atoms with van der Waals surface area (Å²) in [5.74, 6) is 2.23. The minimum atomic E-state index is -0.160. The second kappa shape index (κ2) is 12.3. The number of allylic oxidation sites excluding steroid dienone is 1. The molecule has 0 unspecified atom stereocenters. The zero-order valence-electron chi connectivity index (χ0n) is 20.3. The van der Waals surface area contributed by atoms with E-state index in [1.807, 2.05) is 72.8 Å². The average molecular weight is 481 g/mol. The molecule has 36 heavy (non-hydrogen) atoms. The van der Waals surface area contributed by atoms with Gasteiger partial charge in [0.25, 0.3) is 0 Å². The third kappa shape index (κ3) is 6.54. The van der Waals surface area contributed by atoms with Crippen molar-refractivity contribution in [3.05, 3.63) is 125 Å². The Kier molecular flexibility index (Phi) is 8.39. The van der Waals surface area contributed by atoms with Crippen LogP contribution < -0.4 is 18.9 Å².